The average Bonchev–Trinajstić information content (AvgIpc) is 3.52. The van der Waals surface area contributed by atoms with Gasteiger partial charge in [0.15, 0.2) is 5.82 Å². The predicted molar refractivity (Wildman–Crippen MR) is 226 cm³/mol. The summed E-state index contributed by atoms with van der Waals surface area (Å²) < 4.78 is 2.44. The molecule has 2 aromatic heterocycles. The molecule has 3 heteroatoms. The second-order valence-electron chi connectivity index (χ2n) is 14.4. The lowest BCUT2D eigenvalue weighted by Crippen LogP contribution is -2.06. The van der Waals surface area contributed by atoms with Crippen LogP contribution in [0.2, 0.25) is 0 Å². The van der Waals surface area contributed by atoms with Gasteiger partial charge in [0.05, 0.1) is 22.1 Å². The number of benzene rings is 8. The number of rotatable bonds is 5. The molecule has 0 saturated heterocycles. The number of hydrogen-bond donors (Lipinski definition) is 0. The highest BCUT2D eigenvalue weighted by atomic mass is 15.1. The van der Waals surface area contributed by atoms with Gasteiger partial charge in [0.25, 0.3) is 0 Å². The molecule has 2 heterocycles. The summed E-state index contributed by atoms with van der Waals surface area (Å²) in [5.74, 6) is 0.838. The van der Waals surface area contributed by atoms with Crippen molar-refractivity contribution in [2.45, 2.75) is 20.3 Å². The third kappa shape index (κ3) is 4.36. The zero-order valence-corrected chi connectivity index (χ0v) is 30.1. The van der Waals surface area contributed by atoms with E-state index < -0.39 is 0 Å². The summed E-state index contributed by atoms with van der Waals surface area (Å²) in [5, 5.41) is 5.01. The van der Waals surface area contributed by atoms with Gasteiger partial charge in [-0.3, -0.25) is 4.57 Å². The second-order valence-corrected chi connectivity index (χ2v) is 14.4. The maximum Gasteiger partial charge on any atom is 0.165 e. The minimum Gasteiger partial charge on any atom is -0.291 e. The van der Waals surface area contributed by atoms with E-state index in [9.17, 15) is 0 Å². The molecule has 0 atom stereocenters. The Kier molecular flexibility index (Phi) is 6.74. The lowest BCUT2D eigenvalue weighted by molar-refractivity contribution is 1.07. The summed E-state index contributed by atoms with van der Waals surface area (Å²) in [6.07, 6.45) is 0.852. The van der Waals surface area contributed by atoms with Gasteiger partial charge in [0.2, 0.25) is 0 Å². The van der Waals surface area contributed by atoms with Crippen molar-refractivity contribution in [3.05, 3.63) is 175 Å². The minimum atomic E-state index is 0.838. The predicted octanol–water partition coefficient (Wildman–Crippen LogP) is 13.4. The summed E-state index contributed by atoms with van der Waals surface area (Å²) in [6, 6.07) is 59.3. The Morgan fingerprint density at radius 1 is 0.463 bits per heavy atom. The maximum atomic E-state index is 5.62. The Balaban J connectivity index is 1.36. The summed E-state index contributed by atoms with van der Waals surface area (Å²) in [4.78, 5) is 11.2. The van der Waals surface area contributed by atoms with E-state index in [1.54, 1.807) is 0 Å². The smallest absolute Gasteiger partial charge is 0.165 e. The van der Waals surface area contributed by atoms with Crippen LogP contribution in [0, 0.1) is 6.92 Å². The van der Waals surface area contributed by atoms with Gasteiger partial charge in [-0.25, -0.2) is 9.97 Å². The molecule has 0 N–H and O–H groups in total. The van der Waals surface area contributed by atoms with Crippen LogP contribution in [0.1, 0.15) is 18.1 Å². The molecule has 10 aromatic rings. The van der Waals surface area contributed by atoms with E-state index in [1.807, 2.05) is 0 Å². The number of nitrogens with zero attached hydrogens (tertiary/aromatic N) is 3. The lowest BCUT2D eigenvalue weighted by Gasteiger charge is -2.20. The fraction of sp³-hybridized carbons (Fsp3) is 0.0588. The van der Waals surface area contributed by atoms with E-state index in [1.165, 1.54) is 77.2 Å². The fourth-order valence-corrected chi connectivity index (χ4v) is 9.14. The zero-order chi connectivity index (χ0) is 35.9. The van der Waals surface area contributed by atoms with E-state index in [4.69, 9.17) is 9.97 Å². The molecule has 0 radical (unpaired) electrons. The molecule has 0 unspecified atom stereocenters. The molecular weight excluding hydrogens is 655 g/mol. The molecule has 8 aromatic carbocycles. The molecule has 0 spiro atoms. The molecule has 254 valence electrons. The number of fused-ring (bicyclic) bond motifs is 4. The average molecular weight is 690 g/mol. The molecule has 3 nitrogen and oxygen atoms in total. The van der Waals surface area contributed by atoms with Gasteiger partial charge in [0.1, 0.15) is 5.69 Å². The molecule has 11 rings (SSSR count). The molecule has 0 amide bonds. The van der Waals surface area contributed by atoms with Crippen LogP contribution in [-0.4, -0.2) is 14.5 Å². The van der Waals surface area contributed by atoms with Crippen LogP contribution in [0.3, 0.4) is 0 Å². The van der Waals surface area contributed by atoms with Crippen LogP contribution >= 0.6 is 0 Å². The van der Waals surface area contributed by atoms with Crippen LogP contribution in [0.15, 0.2) is 164 Å². The van der Waals surface area contributed by atoms with Crippen molar-refractivity contribution in [3.63, 3.8) is 0 Å². The van der Waals surface area contributed by atoms with Crippen LogP contribution in [0.25, 0.3) is 105 Å². The lowest BCUT2D eigenvalue weighted by atomic mass is 9.90. The monoisotopic (exact) mass is 689 g/mol. The van der Waals surface area contributed by atoms with E-state index in [-0.39, 0.29) is 0 Å². The highest BCUT2D eigenvalue weighted by Gasteiger charge is 2.29. The van der Waals surface area contributed by atoms with Gasteiger partial charge in [-0.05, 0) is 98.5 Å². The highest BCUT2D eigenvalue weighted by Crippen LogP contribution is 2.52. The van der Waals surface area contributed by atoms with Crippen molar-refractivity contribution in [3.8, 4) is 61.6 Å². The van der Waals surface area contributed by atoms with Crippen molar-refractivity contribution in [2.24, 2.45) is 0 Å². The molecule has 0 aliphatic heterocycles. The van der Waals surface area contributed by atoms with Gasteiger partial charge in [-0.15, -0.1) is 0 Å². The minimum absolute atomic E-state index is 0.838. The van der Waals surface area contributed by atoms with E-state index in [0.717, 1.165) is 45.6 Å². The third-order valence-electron chi connectivity index (χ3n) is 11.5. The first kappa shape index (κ1) is 30.8. The van der Waals surface area contributed by atoms with Gasteiger partial charge in [0, 0.05) is 21.9 Å². The summed E-state index contributed by atoms with van der Waals surface area (Å²) in [7, 11) is 0. The van der Waals surface area contributed by atoms with E-state index >= 15 is 0 Å². The van der Waals surface area contributed by atoms with Crippen molar-refractivity contribution in [2.75, 3.05) is 0 Å². The number of para-hydroxylation sites is 2. The van der Waals surface area contributed by atoms with Gasteiger partial charge >= 0.3 is 0 Å². The zero-order valence-electron chi connectivity index (χ0n) is 30.1. The Hall–Kier alpha value is -6.84. The van der Waals surface area contributed by atoms with Crippen LogP contribution in [0.4, 0.5) is 0 Å². The normalized spacial score (nSPS) is 12.0. The number of aryl methyl sites for hydroxylation is 1. The third-order valence-corrected chi connectivity index (χ3v) is 11.5. The summed E-state index contributed by atoms with van der Waals surface area (Å²) in [5.41, 5.74) is 18.4. The number of aromatic nitrogens is 3. The fourth-order valence-electron chi connectivity index (χ4n) is 9.14. The van der Waals surface area contributed by atoms with Gasteiger partial charge in [-0.2, -0.15) is 0 Å². The quantitative estimate of drug-likeness (QED) is 0.180. The van der Waals surface area contributed by atoms with Crippen LogP contribution in [-0.2, 0) is 6.42 Å². The highest BCUT2D eigenvalue weighted by molar-refractivity contribution is 6.32. The second kappa shape index (κ2) is 11.8. The first-order chi connectivity index (χ1) is 26.7. The van der Waals surface area contributed by atoms with Crippen molar-refractivity contribution < 1.29 is 0 Å². The number of hydrogen-bond acceptors (Lipinski definition) is 2. The van der Waals surface area contributed by atoms with Crippen molar-refractivity contribution in [1.82, 2.24) is 14.5 Å². The Bertz CT molecular complexity index is 3150. The molecule has 0 bridgehead atoms. The van der Waals surface area contributed by atoms with Crippen molar-refractivity contribution in [1.29, 1.82) is 0 Å². The first-order valence-corrected chi connectivity index (χ1v) is 18.8. The Labute approximate surface area is 313 Å². The van der Waals surface area contributed by atoms with Gasteiger partial charge in [-0.1, -0.05) is 146 Å². The SMILES string of the molecule is CCc1c(-c2ccccc2C)cccc1-c1nc2ccccc2nc1-n1c2cccc3c2c2c4c(cccc4cc(-c4ccccc4)c21)-c1ccccc1-3. The van der Waals surface area contributed by atoms with Crippen LogP contribution in [0.5, 0.6) is 0 Å². The van der Waals surface area contributed by atoms with Crippen molar-refractivity contribution >= 4 is 43.6 Å². The molecular formula is C51H35N3. The maximum absolute atomic E-state index is 5.62. The molecule has 1 aliphatic rings. The molecule has 1 aliphatic carbocycles. The van der Waals surface area contributed by atoms with Crippen LogP contribution < -0.4 is 0 Å². The summed E-state index contributed by atoms with van der Waals surface area (Å²) >= 11 is 0. The first-order valence-electron chi connectivity index (χ1n) is 18.8. The Morgan fingerprint density at radius 3 is 1.81 bits per heavy atom. The molecule has 54 heavy (non-hydrogen) atoms. The topological polar surface area (TPSA) is 30.7 Å². The molecule has 0 saturated carbocycles. The largest absolute Gasteiger partial charge is 0.291 e. The van der Waals surface area contributed by atoms with E-state index in [2.05, 4.69) is 182 Å². The Morgan fingerprint density at radius 2 is 1.06 bits per heavy atom. The van der Waals surface area contributed by atoms with Gasteiger partial charge < -0.3 is 0 Å². The molecule has 0 fully saturated rings. The summed E-state index contributed by atoms with van der Waals surface area (Å²) in [6.45, 7) is 4.45. The standard InChI is InChI=1S/C51H35N3/c1-3-34-36(35-20-8-7-16-31(35)2)23-14-26-41(34)49-51(53-44-28-12-11-27-43(44)52-49)54-45-29-15-25-40-38-22-10-9-21-37(38)39-24-13-19-33-30-42(32-17-5-4-6-18-32)50(54)48(46(33)39)47(40)45/h4-30H,3H2,1-2H3. The van der Waals surface area contributed by atoms with E-state index in [0.29, 0.717) is 0 Å².